The predicted molar refractivity (Wildman–Crippen MR) is 82.4 cm³/mol. The number of ether oxygens (including phenoxy) is 1. The van der Waals surface area contributed by atoms with Crippen molar-refractivity contribution >= 4 is 11.8 Å². The van der Waals surface area contributed by atoms with Crippen LogP contribution in [0.2, 0.25) is 0 Å². The number of amides is 1. The van der Waals surface area contributed by atoms with Gasteiger partial charge in [0.2, 0.25) is 0 Å². The van der Waals surface area contributed by atoms with Crippen molar-refractivity contribution in [2.45, 2.75) is 39.2 Å². The first kappa shape index (κ1) is 15.8. The fourth-order valence-electron chi connectivity index (χ4n) is 1.66. The highest BCUT2D eigenvalue weighted by Gasteiger charge is 2.25. The number of anilines is 1. The van der Waals surface area contributed by atoms with Crippen LogP contribution in [0.1, 0.15) is 33.6 Å². The Kier molecular flexibility index (Phi) is 5.86. The van der Waals surface area contributed by atoms with Crippen LogP contribution in [0.4, 0.5) is 10.5 Å². The fourth-order valence-corrected chi connectivity index (χ4v) is 1.66. The van der Waals surface area contributed by atoms with Gasteiger partial charge in [-0.15, -0.1) is 6.42 Å². The Balaban J connectivity index is 2.57. The summed E-state index contributed by atoms with van der Waals surface area (Å²) >= 11 is 0. The largest absolute Gasteiger partial charge is 0.430 e. The van der Waals surface area contributed by atoms with Crippen LogP contribution in [-0.2, 0) is 4.74 Å². The zero-order valence-corrected chi connectivity index (χ0v) is 12.3. The topological polar surface area (TPSA) is 38.3 Å². The zero-order chi connectivity index (χ0) is 15.0. The highest BCUT2D eigenvalue weighted by atomic mass is 16.6. The lowest BCUT2D eigenvalue weighted by molar-refractivity contribution is 0.0722. The summed E-state index contributed by atoms with van der Waals surface area (Å²) in [5.74, 6) is 2.56. The quantitative estimate of drug-likeness (QED) is 0.637. The summed E-state index contributed by atoms with van der Waals surface area (Å²) in [7, 11) is 0. The van der Waals surface area contributed by atoms with Gasteiger partial charge in [0.25, 0.3) is 0 Å². The third kappa shape index (κ3) is 5.62. The van der Waals surface area contributed by atoms with E-state index in [2.05, 4.69) is 17.3 Å². The van der Waals surface area contributed by atoms with E-state index in [1.807, 2.05) is 32.0 Å². The minimum atomic E-state index is -0.898. The molecule has 1 unspecified atom stereocenters. The van der Waals surface area contributed by atoms with E-state index in [9.17, 15) is 4.79 Å². The average molecular weight is 271 g/mol. The summed E-state index contributed by atoms with van der Waals surface area (Å²) in [6.45, 7) is 5.79. The van der Waals surface area contributed by atoms with Crippen LogP contribution in [0, 0.1) is 12.3 Å². The number of carbonyl (C=O) groups is 1. The van der Waals surface area contributed by atoms with Crippen molar-refractivity contribution < 1.29 is 9.53 Å². The molecule has 0 saturated carbocycles. The molecule has 1 amide bonds. The first-order chi connectivity index (χ1) is 9.45. The van der Waals surface area contributed by atoms with E-state index in [0.717, 1.165) is 6.42 Å². The first-order valence-electron chi connectivity index (χ1n) is 6.61. The monoisotopic (exact) mass is 271 g/mol. The van der Waals surface area contributed by atoms with Gasteiger partial charge in [-0.05, 0) is 39.3 Å². The highest BCUT2D eigenvalue weighted by molar-refractivity contribution is 5.84. The molecule has 1 aromatic carbocycles. The molecule has 3 nitrogen and oxygen atoms in total. The summed E-state index contributed by atoms with van der Waals surface area (Å²) in [6, 6.07) is 9.13. The van der Waals surface area contributed by atoms with Crippen molar-refractivity contribution in [2.24, 2.45) is 0 Å². The van der Waals surface area contributed by atoms with Crippen LogP contribution in [-0.4, -0.2) is 11.7 Å². The lowest BCUT2D eigenvalue weighted by Gasteiger charge is -2.23. The van der Waals surface area contributed by atoms with Gasteiger partial charge in [0.15, 0.2) is 5.60 Å². The second-order valence-electron chi connectivity index (χ2n) is 5.08. The van der Waals surface area contributed by atoms with Crippen LogP contribution in [0.5, 0.6) is 0 Å². The van der Waals surface area contributed by atoms with E-state index < -0.39 is 11.7 Å². The van der Waals surface area contributed by atoms with Gasteiger partial charge in [0.05, 0.1) is 0 Å². The average Bonchev–Trinajstić information content (AvgIpc) is 2.39. The van der Waals surface area contributed by atoms with Gasteiger partial charge in [0.1, 0.15) is 0 Å². The molecule has 0 bridgehead atoms. The number of carbonyl (C=O) groups excluding carboxylic acids is 1. The number of hydrogen-bond acceptors (Lipinski definition) is 2. The van der Waals surface area contributed by atoms with E-state index in [0.29, 0.717) is 12.1 Å². The smallest absolute Gasteiger partial charge is 0.413 e. The predicted octanol–water partition coefficient (Wildman–Crippen LogP) is 4.37. The second kappa shape index (κ2) is 7.40. The summed E-state index contributed by atoms with van der Waals surface area (Å²) in [4.78, 5) is 11.8. The molecule has 0 radical (unpaired) electrons. The van der Waals surface area contributed by atoms with Crippen LogP contribution >= 0.6 is 0 Å². The number of nitrogens with one attached hydrogen (secondary N) is 1. The third-order valence-electron chi connectivity index (χ3n) is 2.82. The summed E-state index contributed by atoms with van der Waals surface area (Å²) < 4.78 is 5.36. The Morgan fingerprint density at radius 3 is 2.60 bits per heavy atom. The molecule has 0 saturated heterocycles. The number of rotatable bonds is 5. The maximum absolute atomic E-state index is 11.8. The molecular weight excluding hydrogens is 250 g/mol. The van der Waals surface area contributed by atoms with Crippen molar-refractivity contribution in [1.82, 2.24) is 0 Å². The molecule has 0 aliphatic carbocycles. The Bertz CT molecular complexity index is 510. The standard InChI is InChI=1S/C17H21NO2/c1-5-17(4,13-9-10-14(2)3)20-16(19)18-15-11-7-6-8-12-15/h1,6-8,10-12H,9,13H2,2-4H3,(H,18,19). The van der Waals surface area contributed by atoms with Crippen LogP contribution in [0.15, 0.2) is 42.0 Å². The lowest BCUT2D eigenvalue weighted by Crippen LogP contribution is -2.32. The van der Waals surface area contributed by atoms with Crippen molar-refractivity contribution in [1.29, 1.82) is 0 Å². The highest BCUT2D eigenvalue weighted by Crippen LogP contribution is 2.19. The van der Waals surface area contributed by atoms with Crippen LogP contribution in [0.3, 0.4) is 0 Å². The SMILES string of the molecule is C#CC(C)(CCC=C(C)C)OC(=O)Nc1ccccc1. The Hall–Kier alpha value is -2.21. The van der Waals surface area contributed by atoms with Gasteiger partial charge in [0, 0.05) is 12.1 Å². The molecule has 1 atom stereocenters. The molecule has 0 aromatic heterocycles. The van der Waals surface area contributed by atoms with E-state index >= 15 is 0 Å². The minimum Gasteiger partial charge on any atom is -0.430 e. The molecule has 106 valence electrons. The zero-order valence-electron chi connectivity index (χ0n) is 12.3. The van der Waals surface area contributed by atoms with E-state index in [4.69, 9.17) is 11.2 Å². The van der Waals surface area contributed by atoms with Crippen LogP contribution < -0.4 is 5.32 Å². The molecule has 0 aliphatic heterocycles. The van der Waals surface area contributed by atoms with Gasteiger partial charge in [-0.25, -0.2) is 4.79 Å². The molecule has 0 heterocycles. The molecule has 1 aromatic rings. The van der Waals surface area contributed by atoms with Gasteiger partial charge < -0.3 is 4.74 Å². The molecule has 3 heteroatoms. The van der Waals surface area contributed by atoms with E-state index in [1.54, 1.807) is 19.1 Å². The normalized spacial score (nSPS) is 12.7. The molecule has 0 fully saturated rings. The summed E-state index contributed by atoms with van der Waals surface area (Å²) in [5.41, 5.74) is 1.00. The lowest BCUT2D eigenvalue weighted by atomic mass is 10.0. The van der Waals surface area contributed by atoms with E-state index in [-0.39, 0.29) is 0 Å². The minimum absolute atomic E-state index is 0.533. The number of hydrogen-bond donors (Lipinski definition) is 1. The molecule has 0 spiro atoms. The number of para-hydroxylation sites is 1. The van der Waals surface area contributed by atoms with Crippen molar-refractivity contribution in [3.05, 3.63) is 42.0 Å². The number of allylic oxidation sites excluding steroid dienone is 2. The second-order valence-corrected chi connectivity index (χ2v) is 5.08. The van der Waals surface area contributed by atoms with Crippen molar-refractivity contribution in [2.75, 3.05) is 5.32 Å². The maximum Gasteiger partial charge on any atom is 0.413 e. The summed E-state index contributed by atoms with van der Waals surface area (Å²) in [6.07, 6.45) is 8.41. The fraction of sp³-hybridized carbons (Fsp3) is 0.353. The Morgan fingerprint density at radius 1 is 1.40 bits per heavy atom. The van der Waals surface area contributed by atoms with E-state index in [1.165, 1.54) is 5.57 Å². The number of terminal acetylenes is 1. The van der Waals surface area contributed by atoms with Crippen molar-refractivity contribution in [3.8, 4) is 12.3 Å². The molecule has 0 aliphatic rings. The Morgan fingerprint density at radius 2 is 2.05 bits per heavy atom. The van der Waals surface area contributed by atoms with Crippen molar-refractivity contribution in [3.63, 3.8) is 0 Å². The van der Waals surface area contributed by atoms with Gasteiger partial charge in [-0.2, -0.15) is 0 Å². The molecule has 1 rings (SSSR count). The molecule has 20 heavy (non-hydrogen) atoms. The van der Waals surface area contributed by atoms with Gasteiger partial charge >= 0.3 is 6.09 Å². The van der Waals surface area contributed by atoms with Gasteiger partial charge in [-0.1, -0.05) is 35.8 Å². The maximum atomic E-state index is 11.8. The third-order valence-corrected chi connectivity index (χ3v) is 2.82. The number of benzene rings is 1. The Labute approximate surface area is 121 Å². The molecule has 1 N–H and O–H groups in total. The first-order valence-corrected chi connectivity index (χ1v) is 6.61. The van der Waals surface area contributed by atoms with Gasteiger partial charge in [-0.3, -0.25) is 5.32 Å². The molecular formula is C17H21NO2. The summed E-state index contributed by atoms with van der Waals surface area (Å²) in [5, 5.41) is 2.66. The van der Waals surface area contributed by atoms with Crippen LogP contribution in [0.25, 0.3) is 0 Å².